The van der Waals surface area contributed by atoms with Crippen molar-refractivity contribution in [1.29, 1.82) is 0 Å². The second-order valence-electron chi connectivity index (χ2n) is 6.91. The van der Waals surface area contributed by atoms with Gasteiger partial charge in [-0.3, -0.25) is 9.48 Å². The Labute approximate surface area is 171 Å². The van der Waals surface area contributed by atoms with Crippen LogP contribution in [0.1, 0.15) is 24.3 Å². The van der Waals surface area contributed by atoms with Crippen molar-refractivity contribution in [3.63, 3.8) is 0 Å². The molecule has 148 valence electrons. The maximum atomic E-state index is 12.7. The lowest BCUT2D eigenvalue weighted by Crippen LogP contribution is -2.28. The number of hydrogen-bond acceptors (Lipinski definition) is 5. The van der Waals surface area contributed by atoms with Crippen LogP contribution < -0.4 is 15.5 Å². The minimum Gasteiger partial charge on any atom is -0.357 e. The van der Waals surface area contributed by atoms with Gasteiger partial charge in [0.15, 0.2) is 0 Å². The molecule has 0 saturated carbocycles. The summed E-state index contributed by atoms with van der Waals surface area (Å²) in [5.74, 6) is 1.09. The van der Waals surface area contributed by atoms with Gasteiger partial charge in [0.1, 0.15) is 5.82 Å². The molecule has 2 aliphatic rings. The summed E-state index contributed by atoms with van der Waals surface area (Å²) in [5.41, 5.74) is 1.86. The van der Waals surface area contributed by atoms with E-state index in [2.05, 4.69) is 25.6 Å². The first-order chi connectivity index (χ1) is 12.2. The zero-order valence-corrected chi connectivity index (χ0v) is 16.9. The summed E-state index contributed by atoms with van der Waals surface area (Å²) < 4.78 is 1.78. The molecule has 0 aromatic carbocycles. The van der Waals surface area contributed by atoms with E-state index >= 15 is 0 Å². The van der Waals surface area contributed by atoms with E-state index in [1.807, 2.05) is 31.6 Å². The van der Waals surface area contributed by atoms with Crippen molar-refractivity contribution in [1.82, 2.24) is 20.1 Å². The third kappa shape index (κ3) is 4.72. The molecule has 2 aliphatic heterocycles. The first-order valence-electron chi connectivity index (χ1n) is 8.92. The topological polar surface area (TPSA) is 75.1 Å². The molecule has 2 fully saturated rings. The smallest absolute Gasteiger partial charge is 0.229 e. The van der Waals surface area contributed by atoms with Gasteiger partial charge in [-0.2, -0.15) is 5.10 Å². The summed E-state index contributed by atoms with van der Waals surface area (Å²) in [6, 6.07) is 3.94. The van der Waals surface area contributed by atoms with Gasteiger partial charge in [-0.25, -0.2) is 4.98 Å². The molecule has 2 aromatic rings. The van der Waals surface area contributed by atoms with Gasteiger partial charge in [0.05, 0.1) is 24.0 Å². The van der Waals surface area contributed by atoms with E-state index in [-0.39, 0.29) is 42.6 Å². The lowest BCUT2D eigenvalue weighted by atomic mass is 9.90. The number of nitrogens with zero attached hydrogens (tertiary/aromatic N) is 4. The third-order valence-corrected chi connectivity index (χ3v) is 5.15. The highest BCUT2D eigenvalue weighted by molar-refractivity contribution is 5.93. The number of pyridine rings is 1. The van der Waals surface area contributed by atoms with Crippen molar-refractivity contribution >= 4 is 42.2 Å². The van der Waals surface area contributed by atoms with Gasteiger partial charge in [0.25, 0.3) is 0 Å². The minimum atomic E-state index is -0.0949. The molecule has 2 N–H and O–H groups in total. The fourth-order valence-corrected chi connectivity index (χ4v) is 3.76. The summed E-state index contributed by atoms with van der Waals surface area (Å²) in [6.07, 6.45) is 8.05. The first kappa shape index (κ1) is 21.5. The van der Waals surface area contributed by atoms with Crippen molar-refractivity contribution in [3.05, 3.63) is 36.3 Å². The predicted octanol–water partition coefficient (Wildman–Crippen LogP) is 2.20. The van der Waals surface area contributed by atoms with Crippen molar-refractivity contribution in [3.8, 4) is 0 Å². The molecule has 0 bridgehead atoms. The van der Waals surface area contributed by atoms with Crippen LogP contribution in [0.3, 0.4) is 0 Å². The van der Waals surface area contributed by atoms with Crippen LogP contribution in [0, 0.1) is 5.92 Å². The summed E-state index contributed by atoms with van der Waals surface area (Å²) in [5, 5.41) is 10.6. The number of anilines is 2. The summed E-state index contributed by atoms with van der Waals surface area (Å²) >= 11 is 0. The van der Waals surface area contributed by atoms with Crippen molar-refractivity contribution in [2.45, 2.75) is 18.8 Å². The Bertz CT molecular complexity index is 745. The van der Waals surface area contributed by atoms with E-state index in [0.717, 1.165) is 36.7 Å². The predicted molar refractivity (Wildman–Crippen MR) is 111 cm³/mol. The van der Waals surface area contributed by atoms with Crippen LogP contribution >= 0.6 is 24.8 Å². The van der Waals surface area contributed by atoms with Gasteiger partial charge < -0.3 is 15.5 Å². The molecule has 4 rings (SSSR count). The molecule has 1 amide bonds. The van der Waals surface area contributed by atoms with Crippen LogP contribution in [0.25, 0.3) is 0 Å². The molecule has 0 spiro atoms. The van der Waals surface area contributed by atoms with Gasteiger partial charge in [-0.05, 0) is 30.5 Å². The van der Waals surface area contributed by atoms with E-state index in [1.54, 1.807) is 10.9 Å². The molecule has 0 radical (unpaired) electrons. The Morgan fingerprint density at radius 2 is 1.96 bits per heavy atom. The molecule has 7 nitrogen and oxygen atoms in total. The summed E-state index contributed by atoms with van der Waals surface area (Å²) in [6.45, 7) is 3.62. The van der Waals surface area contributed by atoms with Gasteiger partial charge in [-0.1, -0.05) is 0 Å². The Hall–Kier alpha value is -1.83. The maximum absolute atomic E-state index is 12.7. The summed E-state index contributed by atoms with van der Waals surface area (Å²) in [7, 11) is 1.90. The largest absolute Gasteiger partial charge is 0.357 e. The van der Waals surface area contributed by atoms with Crippen LogP contribution in [0.5, 0.6) is 0 Å². The Balaban J connectivity index is 0.00000131. The van der Waals surface area contributed by atoms with Crippen LogP contribution in [-0.2, 0) is 11.8 Å². The molecule has 0 aliphatic carbocycles. The Kier molecular flexibility index (Phi) is 7.47. The zero-order valence-electron chi connectivity index (χ0n) is 15.3. The number of hydrogen-bond donors (Lipinski definition) is 2. The monoisotopic (exact) mass is 412 g/mol. The Morgan fingerprint density at radius 3 is 2.59 bits per heavy atom. The van der Waals surface area contributed by atoms with E-state index in [0.29, 0.717) is 6.54 Å². The van der Waals surface area contributed by atoms with Crippen LogP contribution in [0.15, 0.2) is 30.7 Å². The van der Waals surface area contributed by atoms with Crippen molar-refractivity contribution < 1.29 is 4.79 Å². The van der Waals surface area contributed by atoms with Gasteiger partial charge in [0.2, 0.25) is 5.91 Å². The second-order valence-corrected chi connectivity index (χ2v) is 6.91. The lowest BCUT2D eigenvalue weighted by Gasteiger charge is -2.18. The quantitative estimate of drug-likeness (QED) is 0.804. The van der Waals surface area contributed by atoms with Crippen LogP contribution in [0.4, 0.5) is 11.5 Å². The fourth-order valence-electron chi connectivity index (χ4n) is 3.76. The number of carbonyl (C=O) groups is 1. The standard InChI is InChI=1S/C18H24N6O.2ClH/c1-23-12-13(8-21-23)15-10-19-11-16(15)18(25)22-14-4-5-17(20-9-14)24-6-2-3-7-24;;/h4-5,8-9,12,15-16,19H,2-3,6-7,10-11H2,1H3,(H,22,25);2*1H/t15-,16+;;/m1../s1. The number of amides is 1. The van der Waals surface area contributed by atoms with E-state index < -0.39 is 0 Å². The number of aryl methyl sites for hydroxylation is 1. The second kappa shape index (κ2) is 9.39. The molecular weight excluding hydrogens is 387 g/mol. The average Bonchev–Trinajstić information content (AvgIpc) is 3.36. The highest BCUT2D eigenvalue weighted by Gasteiger charge is 2.34. The first-order valence-corrected chi connectivity index (χ1v) is 8.92. The minimum absolute atomic E-state index is 0. The highest BCUT2D eigenvalue weighted by Crippen LogP contribution is 2.29. The van der Waals surface area contributed by atoms with Crippen LogP contribution in [0.2, 0.25) is 0 Å². The number of nitrogens with one attached hydrogen (secondary N) is 2. The van der Waals surface area contributed by atoms with E-state index in [9.17, 15) is 4.79 Å². The molecular formula is C18H26Cl2N6O. The molecule has 0 unspecified atom stereocenters. The molecule has 2 saturated heterocycles. The number of halogens is 2. The van der Waals surface area contributed by atoms with Crippen molar-refractivity contribution in [2.75, 3.05) is 36.4 Å². The normalized spacial score (nSPS) is 21.4. The fraction of sp³-hybridized carbons (Fsp3) is 0.500. The average molecular weight is 413 g/mol. The molecule has 2 atom stereocenters. The van der Waals surface area contributed by atoms with Gasteiger partial charge in [0, 0.05) is 45.3 Å². The molecule has 9 heteroatoms. The number of rotatable bonds is 4. The van der Waals surface area contributed by atoms with Crippen molar-refractivity contribution in [2.24, 2.45) is 13.0 Å². The molecule has 27 heavy (non-hydrogen) atoms. The molecule has 2 aromatic heterocycles. The highest BCUT2D eigenvalue weighted by atomic mass is 35.5. The zero-order chi connectivity index (χ0) is 17.2. The Morgan fingerprint density at radius 1 is 1.19 bits per heavy atom. The maximum Gasteiger partial charge on any atom is 0.229 e. The van der Waals surface area contributed by atoms with Gasteiger partial charge >= 0.3 is 0 Å². The van der Waals surface area contributed by atoms with E-state index in [1.165, 1.54) is 12.8 Å². The SMILES string of the molecule is Cl.Cl.Cn1cc([C@H]2CNC[C@@H]2C(=O)Nc2ccc(N3CCCC3)nc2)cn1. The number of carbonyl (C=O) groups excluding carboxylic acids is 1. The van der Waals surface area contributed by atoms with Gasteiger partial charge in [-0.15, -0.1) is 24.8 Å². The molecule has 4 heterocycles. The lowest BCUT2D eigenvalue weighted by molar-refractivity contribution is -0.119. The third-order valence-electron chi connectivity index (χ3n) is 5.15. The number of aromatic nitrogens is 3. The van der Waals surface area contributed by atoms with Crippen LogP contribution in [-0.4, -0.2) is 46.9 Å². The van der Waals surface area contributed by atoms with E-state index in [4.69, 9.17) is 0 Å². The summed E-state index contributed by atoms with van der Waals surface area (Å²) in [4.78, 5) is 19.5.